The van der Waals surface area contributed by atoms with Crippen molar-refractivity contribution in [2.24, 2.45) is 7.05 Å². The molecule has 3 heterocycles. The van der Waals surface area contributed by atoms with Crippen molar-refractivity contribution in [3.8, 4) is 11.8 Å². The molecule has 0 atom stereocenters. The van der Waals surface area contributed by atoms with Crippen LogP contribution in [0, 0.1) is 13.8 Å². The molecule has 0 spiro atoms. The zero-order valence-electron chi connectivity index (χ0n) is 17.1. The second-order valence-electron chi connectivity index (χ2n) is 7.59. The van der Waals surface area contributed by atoms with E-state index in [0.717, 1.165) is 11.4 Å². The number of aryl methyl sites for hydroxylation is 3. The average Bonchev–Trinajstić information content (AvgIpc) is 3.26. The largest absolute Gasteiger partial charge is 0.469 e. The van der Waals surface area contributed by atoms with E-state index in [1.165, 1.54) is 6.33 Å². The number of ether oxygens (including phenoxy) is 1. The minimum absolute atomic E-state index is 0.0839. The highest BCUT2D eigenvalue weighted by Gasteiger charge is 2.35. The predicted molar refractivity (Wildman–Crippen MR) is 105 cm³/mol. The molecule has 160 valence electrons. The zero-order chi connectivity index (χ0) is 21.3. The molecule has 30 heavy (non-hydrogen) atoms. The SMILES string of the molecule is Cc1cc(C)n(-c2nc(NC3CCC(F)(F)CC3)cc(OCc3ncnn3C)n2)n1. The van der Waals surface area contributed by atoms with Gasteiger partial charge in [-0.25, -0.2) is 18.4 Å². The molecule has 0 unspecified atom stereocenters. The summed E-state index contributed by atoms with van der Waals surface area (Å²) >= 11 is 0. The molecule has 0 amide bonds. The smallest absolute Gasteiger partial charge is 0.256 e. The number of hydrogen-bond donors (Lipinski definition) is 1. The minimum atomic E-state index is -2.58. The van der Waals surface area contributed by atoms with Gasteiger partial charge >= 0.3 is 0 Å². The average molecular weight is 418 g/mol. The highest BCUT2D eigenvalue weighted by molar-refractivity contribution is 5.42. The monoisotopic (exact) mass is 418 g/mol. The maximum Gasteiger partial charge on any atom is 0.256 e. The van der Waals surface area contributed by atoms with Crippen LogP contribution in [0.2, 0.25) is 0 Å². The number of anilines is 1. The molecule has 11 heteroatoms. The van der Waals surface area contributed by atoms with Gasteiger partial charge < -0.3 is 10.1 Å². The maximum atomic E-state index is 13.5. The van der Waals surface area contributed by atoms with Crippen LogP contribution < -0.4 is 10.1 Å². The summed E-state index contributed by atoms with van der Waals surface area (Å²) < 4.78 is 36.0. The summed E-state index contributed by atoms with van der Waals surface area (Å²) in [4.78, 5) is 13.2. The van der Waals surface area contributed by atoms with E-state index in [-0.39, 0.29) is 25.5 Å². The van der Waals surface area contributed by atoms with Gasteiger partial charge in [0.25, 0.3) is 5.95 Å². The quantitative estimate of drug-likeness (QED) is 0.657. The summed E-state index contributed by atoms with van der Waals surface area (Å²) in [6.07, 6.45) is 1.94. The molecule has 1 saturated carbocycles. The summed E-state index contributed by atoms with van der Waals surface area (Å²) in [5.41, 5.74) is 1.71. The van der Waals surface area contributed by atoms with Crippen LogP contribution in [0.5, 0.6) is 5.88 Å². The van der Waals surface area contributed by atoms with E-state index >= 15 is 0 Å². The minimum Gasteiger partial charge on any atom is -0.469 e. The van der Waals surface area contributed by atoms with Crippen molar-refractivity contribution in [2.45, 2.75) is 58.1 Å². The van der Waals surface area contributed by atoms with Gasteiger partial charge in [-0.05, 0) is 32.8 Å². The van der Waals surface area contributed by atoms with Crippen LogP contribution in [0.1, 0.15) is 42.9 Å². The van der Waals surface area contributed by atoms with E-state index in [1.807, 2.05) is 19.9 Å². The number of nitrogens with zero attached hydrogens (tertiary/aromatic N) is 7. The predicted octanol–water partition coefficient (Wildman–Crippen LogP) is 2.98. The Balaban J connectivity index is 1.59. The van der Waals surface area contributed by atoms with E-state index in [0.29, 0.717) is 36.3 Å². The number of nitrogens with one attached hydrogen (secondary N) is 1. The third-order valence-corrected chi connectivity index (χ3v) is 5.11. The molecule has 0 saturated heterocycles. The van der Waals surface area contributed by atoms with Crippen molar-refractivity contribution in [3.63, 3.8) is 0 Å². The first-order valence-corrected chi connectivity index (χ1v) is 9.82. The molecule has 3 aromatic rings. The molecule has 3 aromatic heterocycles. The van der Waals surface area contributed by atoms with Crippen molar-refractivity contribution >= 4 is 5.82 Å². The molecule has 4 rings (SSSR count). The lowest BCUT2D eigenvalue weighted by Crippen LogP contribution is -2.32. The third-order valence-electron chi connectivity index (χ3n) is 5.11. The van der Waals surface area contributed by atoms with E-state index < -0.39 is 5.92 Å². The Morgan fingerprint density at radius 2 is 1.97 bits per heavy atom. The molecule has 1 N–H and O–H groups in total. The van der Waals surface area contributed by atoms with Crippen LogP contribution in [-0.2, 0) is 13.7 Å². The lowest BCUT2D eigenvalue weighted by Gasteiger charge is -2.29. The van der Waals surface area contributed by atoms with Gasteiger partial charge in [-0.15, -0.1) is 0 Å². The molecule has 0 aromatic carbocycles. The Morgan fingerprint density at radius 1 is 1.20 bits per heavy atom. The molecule has 1 aliphatic rings. The van der Waals surface area contributed by atoms with Crippen molar-refractivity contribution < 1.29 is 13.5 Å². The fourth-order valence-corrected chi connectivity index (χ4v) is 3.47. The number of halogens is 2. The van der Waals surface area contributed by atoms with Gasteiger partial charge in [0.1, 0.15) is 18.8 Å². The van der Waals surface area contributed by atoms with Crippen LogP contribution in [0.4, 0.5) is 14.6 Å². The van der Waals surface area contributed by atoms with E-state index in [1.54, 1.807) is 22.5 Å². The summed E-state index contributed by atoms with van der Waals surface area (Å²) in [7, 11) is 1.78. The third kappa shape index (κ3) is 4.55. The van der Waals surface area contributed by atoms with Crippen LogP contribution >= 0.6 is 0 Å². The maximum absolute atomic E-state index is 13.5. The van der Waals surface area contributed by atoms with Gasteiger partial charge in [0.15, 0.2) is 5.82 Å². The summed E-state index contributed by atoms with van der Waals surface area (Å²) in [5, 5.41) is 11.7. The van der Waals surface area contributed by atoms with E-state index in [2.05, 4.69) is 30.5 Å². The lowest BCUT2D eigenvalue weighted by atomic mass is 9.92. The highest BCUT2D eigenvalue weighted by Crippen LogP contribution is 2.34. The molecule has 0 aliphatic heterocycles. The van der Waals surface area contributed by atoms with Crippen molar-refractivity contribution in [3.05, 3.63) is 35.7 Å². The Labute approximate surface area is 172 Å². The Morgan fingerprint density at radius 3 is 2.60 bits per heavy atom. The zero-order valence-corrected chi connectivity index (χ0v) is 17.1. The Hall–Kier alpha value is -3.11. The van der Waals surface area contributed by atoms with Crippen molar-refractivity contribution in [1.82, 2.24) is 34.5 Å². The molecule has 1 fully saturated rings. The van der Waals surface area contributed by atoms with Gasteiger partial charge in [-0.3, -0.25) is 4.68 Å². The first-order valence-electron chi connectivity index (χ1n) is 9.82. The number of aromatic nitrogens is 7. The van der Waals surface area contributed by atoms with E-state index in [4.69, 9.17) is 4.74 Å². The normalized spacial score (nSPS) is 16.6. The molecule has 0 radical (unpaired) electrons. The van der Waals surface area contributed by atoms with Gasteiger partial charge in [-0.1, -0.05) is 0 Å². The fourth-order valence-electron chi connectivity index (χ4n) is 3.47. The van der Waals surface area contributed by atoms with Crippen molar-refractivity contribution in [1.29, 1.82) is 0 Å². The standard InChI is InChI=1S/C19H24F2N8O/c1-12-8-13(2)29(27-12)18-25-15(24-14-4-6-19(20,21)7-5-14)9-17(26-18)30-10-16-22-11-23-28(16)3/h8-9,11,14H,4-7,10H2,1-3H3,(H,24,25,26). The van der Waals surface area contributed by atoms with Crippen LogP contribution in [0.25, 0.3) is 5.95 Å². The molecular weight excluding hydrogens is 394 g/mol. The number of rotatable bonds is 6. The molecule has 9 nitrogen and oxygen atoms in total. The molecule has 1 aliphatic carbocycles. The first kappa shape index (κ1) is 20.2. The number of alkyl halides is 2. The molecular formula is C19H24F2N8O. The second-order valence-corrected chi connectivity index (χ2v) is 7.59. The lowest BCUT2D eigenvalue weighted by molar-refractivity contribution is -0.0361. The topological polar surface area (TPSA) is 95.6 Å². The summed E-state index contributed by atoms with van der Waals surface area (Å²) in [6, 6.07) is 3.50. The van der Waals surface area contributed by atoms with Gasteiger partial charge in [0.2, 0.25) is 11.8 Å². The van der Waals surface area contributed by atoms with Crippen LogP contribution in [0.3, 0.4) is 0 Å². The molecule has 0 bridgehead atoms. The first-order chi connectivity index (χ1) is 14.3. The second kappa shape index (κ2) is 7.96. The van der Waals surface area contributed by atoms with E-state index in [9.17, 15) is 8.78 Å². The number of hydrogen-bond acceptors (Lipinski definition) is 7. The van der Waals surface area contributed by atoms with Crippen LogP contribution in [-0.4, -0.2) is 46.5 Å². The van der Waals surface area contributed by atoms with Gasteiger partial charge in [0, 0.05) is 37.7 Å². The summed E-state index contributed by atoms with van der Waals surface area (Å²) in [5.74, 6) is -0.747. The fraction of sp³-hybridized carbons (Fsp3) is 0.526. The Bertz CT molecular complexity index is 1020. The van der Waals surface area contributed by atoms with Gasteiger partial charge in [0.05, 0.1) is 5.69 Å². The van der Waals surface area contributed by atoms with Crippen molar-refractivity contribution in [2.75, 3.05) is 5.32 Å². The summed E-state index contributed by atoms with van der Waals surface area (Å²) in [6.45, 7) is 3.98. The van der Waals surface area contributed by atoms with Gasteiger partial charge in [-0.2, -0.15) is 20.2 Å². The highest BCUT2D eigenvalue weighted by atomic mass is 19.3. The Kier molecular flexibility index (Phi) is 5.35. The van der Waals surface area contributed by atoms with Crippen LogP contribution in [0.15, 0.2) is 18.5 Å².